The maximum Gasteiger partial charge on any atom is 0.341 e. The van der Waals surface area contributed by atoms with E-state index in [2.05, 4.69) is 5.32 Å². The molecule has 3 rings (SSSR count). The number of nitrogens with two attached hydrogens (primary N) is 1. The van der Waals surface area contributed by atoms with Crippen LogP contribution in [-0.4, -0.2) is 28.7 Å². The summed E-state index contributed by atoms with van der Waals surface area (Å²) in [4.78, 5) is 23.8. The summed E-state index contributed by atoms with van der Waals surface area (Å²) >= 11 is 6.31. The minimum atomic E-state index is -1.21. The van der Waals surface area contributed by atoms with Gasteiger partial charge in [-0.25, -0.2) is 4.79 Å². The fourth-order valence-corrected chi connectivity index (χ4v) is 2.86. The number of hydrogen-bond donors (Lipinski definition) is 3. The largest absolute Gasteiger partial charge is 0.477 e. The number of nitrogens with zero attached hydrogens (tertiary/aromatic N) is 1. The fourth-order valence-electron chi connectivity index (χ4n) is 2.64. The van der Waals surface area contributed by atoms with Gasteiger partial charge in [-0.15, -0.1) is 0 Å². The van der Waals surface area contributed by atoms with E-state index in [0.717, 1.165) is 19.3 Å². The van der Waals surface area contributed by atoms with Gasteiger partial charge in [0.25, 0.3) is 0 Å². The van der Waals surface area contributed by atoms with Gasteiger partial charge < -0.3 is 20.7 Å². The van der Waals surface area contributed by atoms with Crippen LogP contribution in [0.4, 0.5) is 5.69 Å². The first kappa shape index (κ1) is 15.8. The van der Waals surface area contributed by atoms with Crippen molar-refractivity contribution >= 4 is 34.2 Å². The molecule has 1 aliphatic rings. The molecule has 1 aromatic carbocycles. The molecule has 1 aliphatic carbocycles. The topological polar surface area (TPSA) is 97.3 Å². The minimum Gasteiger partial charge on any atom is -0.477 e. The lowest BCUT2D eigenvalue weighted by Crippen LogP contribution is -2.19. The Labute approximate surface area is 137 Å². The molecule has 0 aliphatic heterocycles. The number of carboxylic acid groups (broad SMARTS) is 1. The zero-order valence-corrected chi connectivity index (χ0v) is 13.3. The van der Waals surface area contributed by atoms with E-state index in [1.54, 1.807) is 12.1 Å². The number of pyridine rings is 1. The van der Waals surface area contributed by atoms with Crippen LogP contribution < -0.4 is 16.5 Å². The first-order valence-electron chi connectivity index (χ1n) is 7.58. The number of aromatic carboxylic acids is 1. The monoisotopic (exact) mass is 335 g/mol. The van der Waals surface area contributed by atoms with Crippen molar-refractivity contribution in [3.8, 4) is 0 Å². The van der Waals surface area contributed by atoms with Crippen molar-refractivity contribution in [2.24, 2.45) is 5.73 Å². The summed E-state index contributed by atoms with van der Waals surface area (Å²) < 4.78 is 1.86. The third kappa shape index (κ3) is 3.04. The number of rotatable bonds is 6. The van der Waals surface area contributed by atoms with Crippen molar-refractivity contribution in [3.63, 3.8) is 0 Å². The third-order valence-corrected chi connectivity index (χ3v) is 4.30. The van der Waals surface area contributed by atoms with Gasteiger partial charge in [0, 0.05) is 24.2 Å². The van der Waals surface area contributed by atoms with E-state index in [4.69, 9.17) is 17.3 Å². The molecule has 1 heterocycles. The van der Waals surface area contributed by atoms with E-state index in [1.807, 2.05) is 4.57 Å². The van der Waals surface area contributed by atoms with Gasteiger partial charge >= 0.3 is 5.97 Å². The molecule has 1 saturated carbocycles. The Morgan fingerprint density at radius 1 is 1.43 bits per heavy atom. The Hall–Kier alpha value is -2.05. The smallest absolute Gasteiger partial charge is 0.341 e. The van der Waals surface area contributed by atoms with Gasteiger partial charge in [-0.1, -0.05) is 11.6 Å². The van der Waals surface area contributed by atoms with Crippen LogP contribution in [0.2, 0.25) is 5.02 Å². The maximum atomic E-state index is 12.5. The molecular formula is C16H18ClN3O3. The molecule has 0 radical (unpaired) electrons. The molecule has 6 nitrogen and oxygen atoms in total. The van der Waals surface area contributed by atoms with E-state index in [-0.39, 0.29) is 11.6 Å². The first-order chi connectivity index (χ1) is 11.0. The van der Waals surface area contributed by atoms with Gasteiger partial charge in [0.15, 0.2) is 0 Å². The fraction of sp³-hybridized carbons (Fsp3) is 0.375. The summed E-state index contributed by atoms with van der Waals surface area (Å²) in [5, 5.41) is 13.3. The summed E-state index contributed by atoms with van der Waals surface area (Å²) in [6, 6.07) is 3.61. The number of aromatic nitrogens is 1. The maximum absolute atomic E-state index is 12.5. The number of halogens is 1. The molecule has 7 heteroatoms. The molecule has 2 aromatic rings. The summed E-state index contributed by atoms with van der Waals surface area (Å²) in [5.41, 5.74) is 6.07. The van der Waals surface area contributed by atoms with Crippen LogP contribution in [0.25, 0.3) is 10.9 Å². The van der Waals surface area contributed by atoms with Crippen LogP contribution in [0, 0.1) is 0 Å². The van der Waals surface area contributed by atoms with Gasteiger partial charge in [0.2, 0.25) is 5.43 Å². The van der Waals surface area contributed by atoms with Crippen LogP contribution in [0.3, 0.4) is 0 Å². The SMILES string of the molecule is NCCCNc1cc2c(=O)c(C(=O)O)cn(C3CC3)c2cc1Cl. The summed E-state index contributed by atoms with van der Waals surface area (Å²) in [7, 11) is 0. The lowest BCUT2D eigenvalue weighted by atomic mass is 10.1. The zero-order valence-electron chi connectivity index (χ0n) is 12.5. The van der Waals surface area contributed by atoms with Crippen molar-refractivity contribution in [2.45, 2.75) is 25.3 Å². The number of fused-ring (bicyclic) bond motifs is 1. The Bertz CT molecular complexity index is 827. The van der Waals surface area contributed by atoms with Gasteiger partial charge in [-0.2, -0.15) is 0 Å². The average Bonchev–Trinajstić information content (AvgIpc) is 3.33. The lowest BCUT2D eigenvalue weighted by molar-refractivity contribution is 0.0695. The second-order valence-corrected chi connectivity index (χ2v) is 6.14. The van der Waals surface area contributed by atoms with Crippen LogP contribution >= 0.6 is 11.6 Å². The highest BCUT2D eigenvalue weighted by molar-refractivity contribution is 6.34. The number of benzene rings is 1. The summed E-state index contributed by atoms with van der Waals surface area (Å²) in [6.07, 6.45) is 4.16. The Morgan fingerprint density at radius 3 is 2.78 bits per heavy atom. The molecule has 122 valence electrons. The first-order valence-corrected chi connectivity index (χ1v) is 7.96. The normalized spacial score (nSPS) is 14.2. The van der Waals surface area contributed by atoms with Crippen LogP contribution in [0.5, 0.6) is 0 Å². The lowest BCUT2D eigenvalue weighted by Gasteiger charge is -2.14. The van der Waals surface area contributed by atoms with Crippen LogP contribution in [0.15, 0.2) is 23.1 Å². The molecule has 0 bridgehead atoms. The van der Waals surface area contributed by atoms with Gasteiger partial charge in [-0.05, 0) is 37.9 Å². The average molecular weight is 336 g/mol. The van der Waals surface area contributed by atoms with Gasteiger partial charge in [0.1, 0.15) is 5.56 Å². The number of hydrogen-bond acceptors (Lipinski definition) is 4. The van der Waals surface area contributed by atoms with Crippen molar-refractivity contribution < 1.29 is 9.90 Å². The van der Waals surface area contributed by atoms with Gasteiger partial charge in [0.05, 0.1) is 16.2 Å². The molecule has 0 amide bonds. The third-order valence-electron chi connectivity index (χ3n) is 3.99. The predicted octanol–water partition coefficient (Wildman–Crippen LogP) is 2.45. The van der Waals surface area contributed by atoms with Crippen LogP contribution in [-0.2, 0) is 0 Å². The number of carbonyl (C=O) groups is 1. The Balaban J connectivity index is 2.17. The highest BCUT2D eigenvalue weighted by Gasteiger charge is 2.27. The number of carboxylic acids is 1. The zero-order chi connectivity index (χ0) is 16.6. The number of nitrogens with one attached hydrogen (secondary N) is 1. The Kier molecular flexibility index (Phi) is 4.28. The predicted molar refractivity (Wildman–Crippen MR) is 90.6 cm³/mol. The molecule has 1 fully saturated rings. The molecule has 0 atom stereocenters. The second kappa shape index (κ2) is 6.22. The van der Waals surface area contributed by atoms with E-state index in [0.29, 0.717) is 34.7 Å². The molecule has 1 aromatic heterocycles. The van der Waals surface area contributed by atoms with E-state index < -0.39 is 11.4 Å². The summed E-state index contributed by atoms with van der Waals surface area (Å²) in [5.74, 6) is -1.21. The van der Waals surface area contributed by atoms with Crippen molar-refractivity contribution in [3.05, 3.63) is 39.1 Å². The molecule has 0 spiro atoms. The Morgan fingerprint density at radius 2 is 2.17 bits per heavy atom. The van der Waals surface area contributed by atoms with E-state index in [9.17, 15) is 14.7 Å². The van der Waals surface area contributed by atoms with Crippen molar-refractivity contribution in [2.75, 3.05) is 18.4 Å². The molecule has 0 unspecified atom stereocenters. The van der Waals surface area contributed by atoms with E-state index in [1.165, 1.54) is 6.20 Å². The van der Waals surface area contributed by atoms with E-state index >= 15 is 0 Å². The molecule has 0 saturated heterocycles. The van der Waals surface area contributed by atoms with Gasteiger partial charge in [-0.3, -0.25) is 4.79 Å². The number of anilines is 1. The van der Waals surface area contributed by atoms with Crippen molar-refractivity contribution in [1.29, 1.82) is 0 Å². The van der Waals surface area contributed by atoms with Crippen molar-refractivity contribution in [1.82, 2.24) is 4.57 Å². The molecular weight excluding hydrogens is 318 g/mol. The summed E-state index contributed by atoms with van der Waals surface area (Å²) in [6.45, 7) is 1.19. The standard InChI is InChI=1S/C16H18ClN3O3/c17-12-7-14-10(6-13(12)19-5-1-4-18)15(21)11(16(22)23)8-20(14)9-2-3-9/h6-9,19H,1-5,18H2,(H,22,23). The van der Waals surface area contributed by atoms with Crippen LogP contribution in [0.1, 0.15) is 35.7 Å². The highest BCUT2D eigenvalue weighted by atomic mass is 35.5. The quantitative estimate of drug-likeness (QED) is 0.704. The molecule has 23 heavy (non-hydrogen) atoms. The highest BCUT2D eigenvalue weighted by Crippen LogP contribution is 2.38. The minimum absolute atomic E-state index is 0.209. The molecule has 4 N–H and O–H groups in total. The second-order valence-electron chi connectivity index (χ2n) is 5.73.